The summed E-state index contributed by atoms with van der Waals surface area (Å²) in [6.45, 7) is 6.67. The van der Waals surface area contributed by atoms with Gasteiger partial charge in [-0.3, -0.25) is 25.6 Å². The summed E-state index contributed by atoms with van der Waals surface area (Å²) in [5.41, 5.74) is 6.13. The van der Waals surface area contributed by atoms with Gasteiger partial charge in [0, 0.05) is 24.8 Å². The SMILES string of the molecule is CCCCC[C@@H](CN(O)C=O)C(=O)NNc1nc(C)cc(N2CCOCC2)n1. The number of hydrazine groups is 1. The molecule has 1 saturated heterocycles. The maximum absolute atomic E-state index is 12.5. The molecule has 2 amide bonds. The van der Waals surface area contributed by atoms with E-state index in [1.165, 1.54) is 0 Å². The molecule has 1 atom stereocenters. The number of anilines is 2. The molecule has 0 spiro atoms. The van der Waals surface area contributed by atoms with Crippen LogP contribution in [0.4, 0.5) is 11.8 Å². The summed E-state index contributed by atoms with van der Waals surface area (Å²) in [5.74, 6) is 0.209. The van der Waals surface area contributed by atoms with Gasteiger partial charge in [-0.2, -0.15) is 4.98 Å². The Labute approximate surface area is 165 Å². The molecular formula is C18H30N6O4. The van der Waals surface area contributed by atoms with Gasteiger partial charge in [-0.1, -0.05) is 26.2 Å². The Hall–Kier alpha value is -2.46. The first-order valence-corrected chi connectivity index (χ1v) is 9.68. The van der Waals surface area contributed by atoms with Crippen molar-refractivity contribution in [1.82, 2.24) is 20.5 Å². The number of carbonyl (C=O) groups excluding carboxylic acids is 2. The van der Waals surface area contributed by atoms with Gasteiger partial charge in [0.05, 0.1) is 25.7 Å². The second-order valence-electron chi connectivity index (χ2n) is 6.82. The molecule has 2 rings (SSSR count). The van der Waals surface area contributed by atoms with Gasteiger partial charge in [0.15, 0.2) is 0 Å². The molecule has 156 valence electrons. The van der Waals surface area contributed by atoms with Crippen molar-refractivity contribution in [3.05, 3.63) is 11.8 Å². The number of hydroxylamine groups is 2. The number of nitrogens with one attached hydrogen (secondary N) is 2. The van der Waals surface area contributed by atoms with Crippen LogP contribution in [0.25, 0.3) is 0 Å². The molecule has 0 unspecified atom stereocenters. The lowest BCUT2D eigenvalue weighted by molar-refractivity contribution is -0.154. The standard InChI is InChI=1S/C18H30N6O4/c1-3-4-5-6-15(12-24(27)13-25)17(26)21-22-18-19-14(2)11-16(20-18)23-7-9-28-10-8-23/h11,13,15,27H,3-10,12H2,1-2H3,(H,21,26)(H,19,20,22)/t15-/m0/s1. The van der Waals surface area contributed by atoms with Crippen molar-refractivity contribution in [3.8, 4) is 0 Å². The van der Waals surface area contributed by atoms with Crippen LogP contribution in [-0.2, 0) is 14.3 Å². The molecule has 0 radical (unpaired) electrons. The van der Waals surface area contributed by atoms with Crippen LogP contribution in [-0.4, -0.2) is 65.4 Å². The van der Waals surface area contributed by atoms with Crippen LogP contribution < -0.4 is 15.8 Å². The molecule has 10 heteroatoms. The molecule has 1 aromatic heterocycles. The average Bonchev–Trinajstić information content (AvgIpc) is 2.71. The van der Waals surface area contributed by atoms with Crippen LogP contribution in [0, 0.1) is 12.8 Å². The van der Waals surface area contributed by atoms with Gasteiger partial charge in [0.25, 0.3) is 0 Å². The third-order valence-corrected chi connectivity index (χ3v) is 4.53. The molecule has 0 aromatic carbocycles. The third kappa shape index (κ3) is 6.93. The highest BCUT2D eigenvalue weighted by Gasteiger charge is 2.21. The van der Waals surface area contributed by atoms with E-state index in [0.29, 0.717) is 37.1 Å². The Balaban J connectivity index is 1.98. The average molecular weight is 394 g/mol. The van der Waals surface area contributed by atoms with Crippen LogP contribution in [0.15, 0.2) is 6.07 Å². The molecule has 1 fully saturated rings. The number of hydrogen-bond donors (Lipinski definition) is 3. The van der Waals surface area contributed by atoms with E-state index in [-0.39, 0.29) is 12.5 Å². The van der Waals surface area contributed by atoms with Gasteiger partial charge in [0.2, 0.25) is 18.3 Å². The summed E-state index contributed by atoms with van der Waals surface area (Å²) in [6.07, 6.45) is 3.70. The predicted octanol–water partition coefficient (Wildman–Crippen LogP) is 1.11. The molecule has 1 aromatic rings. The second kappa shape index (κ2) is 11.4. The number of aromatic nitrogens is 2. The molecule has 2 heterocycles. The zero-order valence-corrected chi connectivity index (χ0v) is 16.6. The third-order valence-electron chi connectivity index (χ3n) is 4.53. The van der Waals surface area contributed by atoms with Crippen molar-refractivity contribution in [1.29, 1.82) is 0 Å². The Morgan fingerprint density at radius 1 is 1.39 bits per heavy atom. The predicted molar refractivity (Wildman–Crippen MR) is 104 cm³/mol. The zero-order chi connectivity index (χ0) is 20.4. The summed E-state index contributed by atoms with van der Waals surface area (Å²) >= 11 is 0. The van der Waals surface area contributed by atoms with Crippen LogP contribution in [0.2, 0.25) is 0 Å². The van der Waals surface area contributed by atoms with E-state index >= 15 is 0 Å². The fourth-order valence-corrected chi connectivity index (χ4v) is 3.00. The number of rotatable bonds is 11. The Kier molecular flexibility index (Phi) is 8.89. The summed E-state index contributed by atoms with van der Waals surface area (Å²) < 4.78 is 5.36. The van der Waals surface area contributed by atoms with Crippen molar-refractivity contribution in [3.63, 3.8) is 0 Å². The Morgan fingerprint density at radius 3 is 2.82 bits per heavy atom. The highest BCUT2D eigenvalue weighted by atomic mass is 16.5. The van der Waals surface area contributed by atoms with Gasteiger partial charge in [0.1, 0.15) is 5.82 Å². The summed E-state index contributed by atoms with van der Waals surface area (Å²) in [7, 11) is 0. The maximum atomic E-state index is 12.5. The van der Waals surface area contributed by atoms with E-state index in [2.05, 4.69) is 32.6 Å². The lowest BCUT2D eigenvalue weighted by Crippen LogP contribution is -2.41. The smallest absolute Gasteiger partial charge is 0.243 e. The summed E-state index contributed by atoms with van der Waals surface area (Å²) in [4.78, 5) is 34.1. The normalized spacial score (nSPS) is 15.0. The minimum Gasteiger partial charge on any atom is -0.378 e. The molecule has 0 saturated carbocycles. The molecule has 1 aliphatic rings. The number of unbranched alkanes of at least 4 members (excludes halogenated alkanes) is 2. The first-order chi connectivity index (χ1) is 13.5. The largest absolute Gasteiger partial charge is 0.378 e. The van der Waals surface area contributed by atoms with Crippen molar-refractivity contribution in [2.45, 2.75) is 39.5 Å². The van der Waals surface area contributed by atoms with Gasteiger partial charge in [-0.25, -0.2) is 10.0 Å². The highest BCUT2D eigenvalue weighted by Crippen LogP contribution is 2.16. The molecule has 1 aliphatic heterocycles. The van der Waals surface area contributed by atoms with E-state index < -0.39 is 5.92 Å². The number of amides is 2. The first-order valence-electron chi connectivity index (χ1n) is 9.68. The summed E-state index contributed by atoms with van der Waals surface area (Å²) in [6, 6.07) is 1.89. The monoisotopic (exact) mass is 394 g/mol. The fraction of sp³-hybridized carbons (Fsp3) is 0.667. The van der Waals surface area contributed by atoms with Gasteiger partial charge >= 0.3 is 0 Å². The van der Waals surface area contributed by atoms with Crippen LogP contribution >= 0.6 is 0 Å². The zero-order valence-electron chi connectivity index (χ0n) is 16.6. The minimum atomic E-state index is -0.530. The lowest BCUT2D eigenvalue weighted by Gasteiger charge is -2.28. The number of hydrogen-bond acceptors (Lipinski definition) is 8. The maximum Gasteiger partial charge on any atom is 0.243 e. The number of morpholine rings is 1. The molecule has 3 N–H and O–H groups in total. The highest BCUT2D eigenvalue weighted by molar-refractivity contribution is 5.80. The fourth-order valence-electron chi connectivity index (χ4n) is 3.00. The number of carbonyl (C=O) groups is 2. The topological polar surface area (TPSA) is 120 Å². The van der Waals surface area contributed by atoms with Crippen molar-refractivity contribution < 1.29 is 19.5 Å². The summed E-state index contributed by atoms with van der Waals surface area (Å²) in [5, 5.41) is 9.96. The number of aryl methyl sites for hydroxylation is 1. The molecule has 0 aliphatic carbocycles. The quantitative estimate of drug-likeness (QED) is 0.221. The van der Waals surface area contributed by atoms with Gasteiger partial charge in [-0.05, 0) is 13.3 Å². The van der Waals surface area contributed by atoms with Crippen molar-refractivity contribution in [2.24, 2.45) is 5.92 Å². The van der Waals surface area contributed by atoms with Gasteiger partial charge in [-0.15, -0.1) is 0 Å². The number of ether oxygens (including phenoxy) is 1. The number of nitrogens with zero attached hydrogens (tertiary/aromatic N) is 4. The van der Waals surface area contributed by atoms with E-state index in [1.807, 2.05) is 13.0 Å². The molecule has 10 nitrogen and oxygen atoms in total. The van der Waals surface area contributed by atoms with Crippen LogP contribution in [0.5, 0.6) is 0 Å². The van der Waals surface area contributed by atoms with E-state index in [0.717, 1.165) is 43.9 Å². The Bertz CT molecular complexity index is 639. The van der Waals surface area contributed by atoms with E-state index in [1.54, 1.807) is 0 Å². The van der Waals surface area contributed by atoms with Crippen LogP contribution in [0.1, 0.15) is 38.3 Å². The van der Waals surface area contributed by atoms with E-state index in [4.69, 9.17) is 4.74 Å². The Morgan fingerprint density at radius 2 is 2.14 bits per heavy atom. The van der Waals surface area contributed by atoms with Crippen molar-refractivity contribution in [2.75, 3.05) is 43.2 Å². The first kappa shape index (κ1) is 21.8. The molecule has 0 bridgehead atoms. The van der Waals surface area contributed by atoms with Gasteiger partial charge < -0.3 is 9.64 Å². The second-order valence-corrected chi connectivity index (χ2v) is 6.82. The molecular weight excluding hydrogens is 364 g/mol. The minimum absolute atomic E-state index is 0.0611. The lowest BCUT2D eigenvalue weighted by atomic mass is 10.0. The van der Waals surface area contributed by atoms with Crippen molar-refractivity contribution >= 4 is 24.1 Å². The van der Waals surface area contributed by atoms with Crippen LogP contribution in [0.3, 0.4) is 0 Å². The van der Waals surface area contributed by atoms with E-state index in [9.17, 15) is 14.8 Å². The molecule has 28 heavy (non-hydrogen) atoms.